The summed E-state index contributed by atoms with van der Waals surface area (Å²) in [5.74, 6) is -1.16. The van der Waals surface area contributed by atoms with Gasteiger partial charge in [-0.05, 0) is 56.5 Å². The number of aliphatic carboxylic acids is 1. The van der Waals surface area contributed by atoms with Gasteiger partial charge in [-0.2, -0.15) is 0 Å². The van der Waals surface area contributed by atoms with Gasteiger partial charge < -0.3 is 14.6 Å². The summed E-state index contributed by atoms with van der Waals surface area (Å²) >= 11 is 10.6. The molecule has 32 heavy (non-hydrogen) atoms. The van der Waals surface area contributed by atoms with Crippen LogP contribution in [-0.2, 0) is 22.6 Å². The van der Waals surface area contributed by atoms with E-state index in [0.29, 0.717) is 24.7 Å². The third-order valence-corrected chi connectivity index (χ3v) is 6.01. The number of thiol groups is 1. The number of ether oxygens (including phenoxy) is 1. The number of hydrogen-bond acceptors (Lipinski definition) is 6. The fourth-order valence-electron chi connectivity index (χ4n) is 3.83. The van der Waals surface area contributed by atoms with Crippen LogP contribution in [-0.4, -0.2) is 46.1 Å². The van der Waals surface area contributed by atoms with Gasteiger partial charge in [0.2, 0.25) is 0 Å². The van der Waals surface area contributed by atoms with E-state index in [0.717, 1.165) is 16.0 Å². The predicted molar refractivity (Wildman–Crippen MR) is 126 cm³/mol. The zero-order valence-corrected chi connectivity index (χ0v) is 20.1. The smallest absolute Gasteiger partial charge is 0.548 e. The maximum Gasteiger partial charge on any atom is 1.00 e. The van der Waals surface area contributed by atoms with E-state index in [4.69, 9.17) is 16.3 Å². The van der Waals surface area contributed by atoms with Gasteiger partial charge in [-0.25, -0.2) is 4.79 Å². The van der Waals surface area contributed by atoms with Gasteiger partial charge in [-0.15, -0.1) is 12.6 Å². The molecule has 2 atom stereocenters. The lowest BCUT2D eigenvalue weighted by atomic mass is 10.1. The fraction of sp³-hybridized carbons (Fsp3) is 0.417. The Balaban J connectivity index is 0.00000385. The molecule has 2 aromatic rings. The standard InChI is InChI=1S/C24H29ClN2O4S/c1-24(2,3)31-23(30)27(13-16-8-10-19(32)11-9-16)18-12-21(22(28)29)26(15-18)14-17-6-4-5-7-20(17)25/h4-11,18,21,32H,12-15H2,1-3H3,(H,28,29)/t18-,21-/m0/s1. The number of hydrogen-bond donors (Lipinski definition) is 1. The van der Waals surface area contributed by atoms with Gasteiger partial charge in [-0.1, -0.05) is 41.9 Å². The number of nitrogens with zero attached hydrogens (tertiary/aromatic N) is 2. The Morgan fingerprint density at radius 3 is 2.47 bits per heavy atom. The molecule has 1 fully saturated rings. The van der Waals surface area contributed by atoms with Crippen molar-refractivity contribution in [2.45, 2.75) is 62.9 Å². The summed E-state index contributed by atoms with van der Waals surface area (Å²) in [5, 5.41) is 12.5. The summed E-state index contributed by atoms with van der Waals surface area (Å²) in [6, 6.07) is 13.6. The molecule has 0 aliphatic carbocycles. The van der Waals surface area contributed by atoms with E-state index in [2.05, 4.69) is 12.6 Å². The maximum absolute atomic E-state index is 13.1. The summed E-state index contributed by atoms with van der Waals surface area (Å²) < 4.78 is 5.65. The van der Waals surface area contributed by atoms with E-state index in [1.165, 1.54) is 0 Å². The van der Waals surface area contributed by atoms with Gasteiger partial charge in [0.1, 0.15) is 5.60 Å². The van der Waals surface area contributed by atoms with Crippen molar-refractivity contribution in [1.29, 1.82) is 0 Å². The second-order valence-corrected chi connectivity index (χ2v) is 9.94. The highest BCUT2D eigenvalue weighted by molar-refractivity contribution is 7.80. The molecule has 6 nitrogen and oxygen atoms in total. The molecule has 172 valence electrons. The van der Waals surface area contributed by atoms with Crippen molar-refractivity contribution in [3.63, 3.8) is 0 Å². The number of carbonyl (C=O) groups is 2. The van der Waals surface area contributed by atoms with Crippen LogP contribution in [0.15, 0.2) is 53.4 Å². The van der Waals surface area contributed by atoms with Gasteiger partial charge in [0, 0.05) is 29.6 Å². The van der Waals surface area contributed by atoms with Gasteiger partial charge in [-0.3, -0.25) is 9.80 Å². The fourth-order valence-corrected chi connectivity index (χ4v) is 4.18. The average molecular weight is 477 g/mol. The summed E-state index contributed by atoms with van der Waals surface area (Å²) in [6.45, 7) is 6.44. The van der Waals surface area contributed by atoms with Crippen LogP contribution >= 0.6 is 24.2 Å². The SMILES string of the molecule is CC(C)(C)OC(=O)N(Cc1ccc(S)cc1)[C@H]1C[C@@H](C(=O)[O-])N(Cc2ccccc2Cl)C1.[H+]. The third kappa shape index (κ3) is 6.40. The summed E-state index contributed by atoms with van der Waals surface area (Å²) in [5.41, 5.74) is 1.06. The van der Waals surface area contributed by atoms with Crippen molar-refractivity contribution >= 4 is 36.3 Å². The minimum Gasteiger partial charge on any atom is -0.548 e. The second-order valence-electron chi connectivity index (χ2n) is 9.02. The van der Waals surface area contributed by atoms with Crippen LogP contribution in [0, 0.1) is 0 Å². The molecular formula is C24H29ClN2O4S. The van der Waals surface area contributed by atoms with Crippen molar-refractivity contribution in [2.75, 3.05) is 6.54 Å². The molecule has 0 spiro atoms. The first-order chi connectivity index (χ1) is 15.0. The topological polar surface area (TPSA) is 72.9 Å². The monoisotopic (exact) mass is 476 g/mol. The average Bonchev–Trinajstić information content (AvgIpc) is 3.11. The van der Waals surface area contributed by atoms with E-state index in [9.17, 15) is 14.7 Å². The number of likely N-dealkylation sites (tertiary alicyclic amines) is 1. The number of carboxylic acid groups (broad SMARTS) is 1. The second kappa shape index (κ2) is 10.1. The zero-order chi connectivity index (χ0) is 23.5. The Labute approximate surface area is 201 Å². The predicted octanol–water partition coefficient (Wildman–Crippen LogP) is 3.87. The zero-order valence-electron chi connectivity index (χ0n) is 19.5. The lowest BCUT2D eigenvalue weighted by Crippen LogP contribution is -2.44. The van der Waals surface area contributed by atoms with Crippen LogP contribution in [0.25, 0.3) is 0 Å². The minimum atomic E-state index is -1.16. The Kier molecular flexibility index (Phi) is 7.75. The molecule has 0 unspecified atom stereocenters. The summed E-state index contributed by atoms with van der Waals surface area (Å²) in [4.78, 5) is 29.3. The first kappa shape index (κ1) is 24.4. The van der Waals surface area contributed by atoms with Crippen LogP contribution in [0.2, 0.25) is 5.02 Å². The van der Waals surface area contributed by atoms with Gasteiger partial charge in [0.15, 0.2) is 0 Å². The minimum absolute atomic E-state index is 0. The molecule has 0 aromatic heterocycles. The molecule has 0 bridgehead atoms. The van der Waals surface area contributed by atoms with Crippen LogP contribution in [0.4, 0.5) is 4.79 Å². The van der Waals surface area contributed by atoms with Crippen LogP contribution in [0.5, 0.6) is 0 Å². The highest BCUT2D eigenvalue weighted by Gasteiger charge is 2.39. The normalized spacial score (nSPS) is 19.0. The van der Waals surface area contributed by atoms with Gasteiger partial charge in [0.05, 0.1) is 18.1 Å². The van der Waals surface area contributed by atoms with Crippen LogP contribution < -0.4 is 5.11 Å². The van der Waals surface area contributed by atoms with E-state index in [-0.39, 0.29) is 13.9 Å². The largest absolute Gasteiger partial charge is 1.00 e. The van der Waals surface area contributed by atoms with Crippen molar-refractivity contribution in [3.8, 4) is 0 Å². The molecule has 1 aliphatic heterocycles. The van der Waals surface area contributed by atoms with Crippen molar-refractivity contribution in [2.24, 2.45) is 0 Å². The molecule has 0 N–H and O–H groups in total. The molecule has 0 radical (unpaired) electrons. The van der Waals surface area contributed by atoms with E-state index in [1.54, 1.807) is 36.6 Å². The van der Waals surface area contributed by atoms with E-state index in [1.807, 2.05) is 42.5 Å². The molecule has 2 aromatic carbocycles. The van der Waals surface area contributed by atoms with Crippen molar-refractivity contribution in [1.82, 2.24) is 9.80 Å². The van der Waals surface area contributed by atoms with E-state index < -0.39 is 23.7 Å². The third-order valence-electron chi connectivity index (χ3n) is 5.34. The first-order valence-electron chi connectivity index (χ1n) is 10.5. The summed E-state index contributed by atoms with van der Waals surface area (Å²) in [6.07, 6.45) is -0.231. The highest BCUT2D eigenvalue weighted by atomic mass is 35.5. The molecule has 8 heteroatoms. The van der Waals surface area contributed by atoms with Gasteiger partial charge >= 0.3 is 7.52 Å². The molecule has 3 rings (SSSR count). The van der Waals surface area contributed by atoms with Crippen molar-refractivity contribution in [3.05, 3.63) is 64.7 Å². The van der Waals surface area contributed by atoms with Gasteiger partial charge in [0.25, 0.3) is 0 Å². The molecular weight excluding hydrogens is 448 g/mol. The molecule has 1 heterocycles. The number of rotatable bonds is 6. The molecule has 1 aliphatic rings. The first-order valence-corrected chi connectivity index (χ1v) is 11.3. The number of halogens is 1. The number of amides is 1. The number of carboxylic acids is 1. The van der Waals surface area contributed by atoms with Crippen LogP contribution in [0.1, 0.15) is 39.7 Å². The molecule has 0 saturated carbocycles. The quantitative estimate of drug-likeness (QED) is 0.641. The highest BCUT2D eigenvalue weighted by Crippen LogP contribution is 2.28. The maximum atomic E-state index is 13.1. The van der Waals surface area contributed by atoms with E-state index >= 15 is 0 Å². The number of benzene rings is 2. The lowest BCUT2D eigenvalue weighted by molar-refractivity contribution is -0.311. The summed E-state index contributed by atoms with van der Waals surface area (Å²) in [7, 11) is 0. The Bertz CT molecular complexity index is 968. The number of carbonyl (C=O) groups excluding carboxylic acids is 2. The molecule has 1 saturated heterocycles. The van der Waals surface area contributed by atoms with Crippen molar-refractivity contribution < 1.29 is 20.9 Å². The Morgan fingerprint density at radius 1 is 1.22 bits per heavy atom. The molecule has 1 amide bonds. The van der Waals surface area contributed by atoms with Crippen LogP contribution in [0.3, 0.4) is 0 Å². The Morgan fingerprint density at radius 2 is 1.88 bits per heavy atom. The Hall–Kier alpha value is -2.22. The lowest BCUT2D eigenvalue weighted by Gasteiger charge is -2.32.